The summed E-state index contributed by atoms with van der Waals surface area (Å²) in [5.74, 6) is -0.0213. The minimum Gasteiger partial charge on any atom is -0.396 e. The van der Waals surface area contributed by atoms with E-state index in [4.69, 9.17) is 5.11 Å². The Kier molecular flexibility index (Phi) is 4.84. The molecule has 2 N–H and O–H groups in total. The number of carbonyl (C=O) groups is 1. The van der Waals surface area contributed by atoms with Gasteiger partial charge in [0.15, 0.2) is 0 Å². The van der Waals surface area contributed by atoms with Crippen molar-refractivity contribution in [1.29, 1.82) is 0 Å². The molecule has 0 spiro atoms. The summed E-state index contributed by atoms with van der Waals surface area (Å²) in [7, 11) is 0. The molecule has 1 rings (SSSR count). The molecule has 0 saturated heterocycles. The molecule has 0 aliphatic rings. The van der Waals surface area contributed by atoms with Crippen molar-refractivity contribution in [3.8, 4) is 0 Å². The molecular formula is C12H17NO2. The molecule has 0 aromatic heterocycles. The van der Waals surface area contributed by atoms with Crippen LogP contribution in [0.25, 0.3) is 0 Å². The lowest BCUT2D eigenvalue weighted by Crippen LogP contribution is -2.19. The number of hydrogen-bond donors (Lipinski definition) is 2. The molecule has 82 valence electrons. The summed E-state index contributed by atoms with van der Waals surface area (Å²) >= 11 is 0. The van der Waals surface area contributed by atoms with Crippen LogP contribution in [0.5, 0.6) is 0 Å². The number of rotatable bonds is 5. The van der Waals surface area contributed by atoms with Crippen LogP contribution in [0.1, 0.15) is 24.5 Å². The van der Waals surface area contributed by atoms with Crippen LogP contribution < -0.4 is 5.32 Å². The number of carbonyl (C=O) groups excluding carboxylic acids is 1. The van der Waals surface area contributed by atoms with E-state index in [2.05, 4.69) is 5.32 Å². The van der Waals surface area contributed by atoms with Crippen LogP contribution in [0.2, 0.25) is 0 Å². The molecule has 0 aliphatic heterocycles. The van der Waals surface area contributed by atoms with Crippen molar-refractivity contribution >= 4 is 5.91 Å². The lowest BCUT2D eigenvalue weighted by Gasteiger charge is -2.08. The summed E-state index contributed by atoms with van der Waals surface area (Å²) in [6, 6.07) is 7.97. The molecule has 1 aromatic carbocycles. The fourth-order valence-corrected chi connectivity index (χ4v) is 1.46. The molecule has 0 saturated carbocycles. The smallest absolute Gasteiger partial charge is 0.217 e. The SMILES string of the molecule is CC(=O)NCc1ccccc1CCCO. The second-order valence-corrected chi connectivity index (χ2v) is 3.51. The molecule has 0 radical (unpaired) electrons. The maximum atomic E-state index is 10.8. The Balaban J connectivity index is 2.63. The molecule has 0 aliphatic carbocycles. The zero-order valence-electron chi connectivity index (χ0n) is 8.99. The molecule has 0 heterocycles. The maximum absolute atomic E-state index is 10.8. The summed E-state index contributed by atoms with van der Waals surface area (Å²) in [6.07, 6.45) is 1.61. The Morgan fingerprint density at radius 3 is 2.60 bits per heavy atom. The number of aliphatic hydroxyl groups is 1. The van der Waals surface area contributed by atoms with Crippen molar-refractivity contribution in [2.24, 2.45) is 0 Å². The Morgan fingerprint density at radius 1 is 1.33 bits per heavy atom. The number of amides is 1. The van der Waals surface area contributed by atoms with Gasteiger partial charge in [0.1, 0.15) is 0 Å². The quantitative estimate of drug-likeness (QED) is 0.763. The van der Waals surface area contributed by atoms with Crippen LogP contribution in [0.4, 0.5) is 0 Å². The molecule has 3 heteroatoms. The highest BCUT2D eigenvalue weighted by Gasteiger charge is 2.01. The highest BCUT2D eigenvalue weighted by molar-refractivity contribution is 5.72. The molecule has 3 nitrogen and oxygen atoms in total. The number of aryl methyl sites for hydroxylation is 1. The maximum Gasteiger partial charge on any atom is 0.217 e. The molecule has 1 amide bonds. The minimum atomic E-state index is -0.0213. The first-order valence-corrected chi connectivity index (χ1v) is 5.16. The summed E-state index contributed by atoms with van der Waals surface area (Å²) in [5, 5.41) is 11.5. The van der Waals surface area contributed by atoms with E-state index < -0.39 is 0 Å². The van der Waals surface area contributed by atoms with Crippen LogP contribution >= 0.6 is 0 Å². The summed E-state index contributed by atoms with van der Waals surface area (Å²) < 4.78 is 0. The predicted octanol–water partition coefficient (Wildman–Crippen LogP) is 1.25. The van der Waals surface area contributed by atoms with E-state index in [9.17, 15) is 4.79 Å². The Hall–Kier alpha value is -1.35. The Bertz CT molecular complexity index is 323. The standard InChI is InChI=1S/C12H17NO2/c1-10(15)13-9-12-6-3-2-5-11(12)7-4-8-14/h2-3,5-6,14H,4,7-9H2,1H3,(H,13,15). The zero-order chi connectivity index (χ0) is 11.1. The van der Waals surface area contributed by atoms with Gasteiger partial charge < -0.3 is 10.4 Å². The minimum absolute atomic E-state index is 0.0213. The van der Waals surface area contributed by atoms with E-state index in [-0.39, 0.29) is 12.5 Å². The largest absolute Gasteiger partial charge is 0.396 e. The monoisotopic (exact) mass is 207 g/mol. The first kappa shape index (κ1) is 11.7. The first-order chi connectivity index (χ1) is 7.24. The van der Waals surface area contributed by atoms with Gasteiger partial charge in [0.2, 0.25) is 5.91 Å². The van der Waals surface area contributed by atoms with E-state index in [1.165, 1.54) is 12.5 Å². The second kappa shape index (κ2) is 6.19. The Labute approximate surface area is 90.1 Å². The fourth-order valence-electron chi connectivity index (χ4n) is 1.46. The van der Waals surface area contributed by atoms with Crippen molar-refractivity contribution in [3.63, 3.8) is 0 Å². The predicted molar refractivity (Wildman–Crippen MR) is 59.4 cm³/mol. The fraction of sp³-hybridized carbons (Fsp3) is 0.417. The van der Waals surface area contributed by atoms with Crippen molar-refractivity contribution in [1.82, 2.24) is 5.32 Å². The summed E-state index contributed by atoms with van der Waals surface area (Å²) in [4.78, 5) is 10.8. The van der Waals surface area contributed by atoms with Crippen LogP contribution in [0.15, 0.2) is 24.3 Å². The topological polar surface area (TPSA) is 49.3 Å². The Morgan fingerprint density at radius 2 is 2.00 bits per heavy atom. The van der Waals surface area contributed by atoms with Crippen LogP contribution in [-0.4, -0.2) is 17.6 Å². The van der Waals surface area contributed by atoms with E-state index in [1.807, 2.05) is 24.3 Å². The van der Waals surface area contributed by atoms with E-state index >= 15 is 0 Å². The van der Waals surface area contributed by atoms with Gasteiger partial charge >= 0.3 is 0 Å². The third-order valence-electron chi connectivity index (χ3n) is 2.25. The molecule has 0 atom stereocenters. The average Bonchev–Trinajstić information content (AvgIpc) is 2.24. The number of aliphatic hydroxyl groups excluding tert-OH is 1. The highest BCUT2D eigenvalue weighted by atomic mass is 16.2. The normalized spacial score (nSPS) is 10.0. The van der Waals surface area contributed by atoms with Gasteiger partial charge in [-0.3, -0.25) is 4.79 Å². The van der Waals surface area contributed by atoms with Crippen LogP contribution in [0, 0.1) is 0 Å². The third kappa shape index (κ3) is 4.13. The second-order valence-electron chi connectivity index (χ2n) is 3.51. The number of nitrogens with one attached hydrogen (secondary N) is 1. The summed E-state index contributed by atoms with van der Waals surface area (Å²) in [5.41, 5.74) is 2.32. The van der Waals surface area contributed by atoms with Gasteiger partial charge in [-0.2, -0.15) is 0 Å². The van der Waals surface area contributed by atoms with Crippen molar-refractivity contribution in [3.05, 3.63) is 35.4 Å². The molecule has 0 unspecified atom stereocenters. The highest BCUT2D eigenvalue weighted by Crippen LogP contribution is 2.10. The number of hydrogen-bond acceptors (Lipinski definition) is 2. The van der Waals surface area contributed by atoms with Gasteiger partial charge in [0.25, 0.3) is 0 Å². The zero-order valence-corrected chi connectivity index (χ0v) is 8.99. The van der Waals surface area contributed by atoms with E-state index in [0.717, 1.165) is 18.4 Å². The van der Waals surface area contributed by atoms with Crippen molar-refractivity contribution in [2.75, 3.05) is 6.61 Å². The van der Waals surface area contributed by atoms with Crippen molar-refractivity contribution in [2.45, 2.75) is 26.3 Å². The molecule has 15 heavy (non-hydrogen) atoms. The van der Waals surface area contributed by atoms with Crippen LogP contribution in [-0.2, 0) is 17.8 Å². The van der Waals surface area contributed by atoms with Gasteiger partial charge in [0.05, 0.1) is 0 Å². The van der Waals surface area contributed by atoms with Gasteiger partial charge in [0, 0.05) is 20.1 Å². The lowest BCUT2D eigenvalue weighted by molar-refractivity contribution is -0.119. The third-order valence-corrected chi connectivity index (χ3v) is 2.25. The first-order valence-electron chi connectivity index (χ1n) is 5.16. The van der Waals surface area contributed by atoms with Gasteiger partial charge in [-0.15, -0.1) is 0 Å². The van der Waals surface area contributed by atoms with Gasteiger partial charge in [-0.25, -0.2) is 0 Å². The van der Waals surface area contributed by atoms with E-state index in [1.54, 1.807) is 0 Å². The van der Waals surface area contributed by atoms with Gasteiger partial charge in [-0.05, 0) is 24.0 Å². The lowest BCUT2D eigenvalue weighted by atomic mass is 10.0. The van der Waals surface area contributed by atoms with Crippen molar-refractivity contribution < 1.29 is 9.90 Å². The number of benzene rings is 1. The average molecular weight is 207 g/mol. The molecule has 0 bridgehead atoms. The summed E-state index contributed by atoms with van der Waals surface area (Å²) in [6.45, 7) is 2.28. The molecule has 0 fully saturated rings. The van der Waals surface area contributed by atoms with Gasteiger partial charge in [-0.1, -0.05) is 24.3 Å². The van der Waals surface area contributed by atoms with Crippen LogP contribution in [0.3, 0.4) is 0 Å². The van der Waals surface area contributed by atoms with E-state index in [0.29, 0.717) is 6.54 Å². The molecular weight excluding hydrogens is 190 g/mol. The molecule has 1 aromatic rings.